The lowest BCUT2D eigenvalue weighted by Gasteiger charge is -2.30. The van der Waals surface area contributed by atoms with Crippen molar-refractivity contribution in [3.63, 3.8) is 0 Å². The molecule has 180 valence electrons. The third kappa shape index (κ3) is 6.08. The van der Waals surface area contributed by atoms with Crippen molar-refractivity contribution in [2.45, 2.75) is 24.3 Å². The smallest absolute Gasteiger partial charge is 0.263 e. The minimum absolute atomic E-state index is 0.0488. The molecular formula is C22H23FN4O5S2. The number of carbonyl (C=O) groups is 1. The van der Waals surface area contributed by atoms with Gasteiger partial charge in [0.25, 0.3) is 10.0 Å². The van der Waals surface area contributed by atoms with Gasteiger partial charge in [-0.1, -0.05) is 13.0 Å². The standard InChI is InChI=1S/C22H23FN4O5S2/c1-3-20(27(33(2,29)30)18-11-7-16(23)8-12-18)22(28)25-17-9-13-19(14-10-17)34(31,32)26-21-6-4-5-15-24-21/h4-15,20H,3H2,1-2H3,(H,24,26)(H,25,28)/t20-/m0/s1. The van der Waals surface area contributed by atoms with Crippen molar-refractivity contribution in [1.82, 2.24) is 4.98 Å². The Hall–Kier alpha value is -3.51. The van der Waals surface area contributed by atoms with Gasteiger partial charge >= 0.3 is 0 Å². The Kier molecular flexibility index (Phi) is 7.52. The largest absolute Gasteiger partial charge is 0.324 e. The lowest BCUT2D eigenvalue weighted by molar-refractivity contribution is -0.117. The highest BCUT2D eigenvalue weighted by Crippen LogP contribution is 2.24. The van der Waals surface area contributed by atoms with E-state index in [9.17, 15) is 26.0 Å². The van der Waals surface area contributed by atoms with Crippen LogP contribution in [0.15, 0.2) is 77.8 Å². The molecule has 0 aliphatic rings. The summed E-state index contributed by atoms with van der Waals surface area (Å²) in [7, 11) is -7.77. The molecule has 0 radical (unpaired) electrons. The molecule has 1 amide bonds. The van der Waals surface area contributed by atoms with Crippen LogP contribution in [0.3, 0.4) is 0 Å². The molecule has 12 heteroatoms. The number of benzene rings is 2. The van der Waals surface area contributed by atoms with Crippen LogP contribution >= 0.6 is 0 Å². The number of aromatic nitrogens is 1. The fourth-order valence-corrected chi connectivity index (χ4v) is 5.43. The first kappa shape index (κ1) is 25.1. The molecule has 0 fully saturated rings. The number of pyridine rings is 1. The Morgan fingerprint density at radius 3 is 2.18 bits per heavy atom. The third-order valence-corrected chi connectivity index (χ3v) is 7.30. The highest BCUT2D eigenvalue weighted by molar-refractivity contribution is 7.92. The first-order chi connectivity index (χ1) is 16.0. The quantitative estimate of drug-likeness (QED) is 0.459. The zero-order valence-corrected chi connectivity index (χ0v) is 20.0. The number of amides is 1. The Morgan fingerprint density at radius 1 is 1.00 bits per heavy atom. The molecule has 0 saturated carbocycles. The van der Waals surface area contributed by atoms with Gasteiger partial charge in [0, 0.05) is 11.9 Å². The second-order valence-electron chi connectivity index (χ2n) is 7.29. The highest BCUT2D eigenvalue weighted by atomic mass is 32.2. The van der Waals surface area contributed by atoms with Crippen LogP contribution in [-0.2, 0) is 24.8 Å². The monoisotopic (exact) mass is 506 g/mol. The van der Waals surface area contributed by atoms with E-state index >= 15 is 0 Å². The van der Waals surface area contributed by atoms with Crippen molar-refractivity contribution in [1.29, 1.82) is 0 Å². The fourth-order valence-electron chi connectivity index (χ4n) is 3.21. The summed E-state index contributed by atoms with van der Waals surface area (Å²) in [5.74, 6) is -1.01. The SMILES string of the molecule is CC[C@@H](C(=O)Nc1ccc(S(=O)(=O)Nc2ccccn2)cc1)N(c1ccc(F)cc1)S(C)(=O)=O. The zero-order valence-electron chi connectivity index (χ0n) is 18.3. The lowest BCUT2D eigenvalue weighted by atomic mass is 10.2. The molecule has 0 unspecified atom stereocenters. The molecule has 34 heavy (non-hydrogen) atoms. The van der Waals surface area contributed by atoms with Crippen LogP contribution in [0.4, 0.5) is 21.6 Å². The van der Waals surface area contributed by atoms with E-state index in [1.807, 2.05) is 0 Å². The first-order valence-electron chi connectivity index (χ1n) is 10.1. The molecule has 1 aromatic heterocycles. The first-order valence-corrected chi connectivity index (χ1v) is 13.4. The lowest BCUT2D eigenvalue weighted by Crippen LogP contribution is -2.47. The van der Waals surface area contributed by atoms with Crippen molar-refractivity contribution in [2.75, 3.05) is 20.6 Å². The van der Waals surface area contributed by atoms with Gasteiger partial charge in [-0.3, -0.25) is 13.8 Å². The number of hydrogen-bond donors (Lipinski definition) is 2. The molecule has 0 spiro atoms. The normalized spacial score (nSPS) is 12.6. The third-order valence-electron chi connectivity index (χ3n) is 4.75. The van der Waals surface area contributed by atoms with E-state index in [2.05, 4.69) is 15.0 Å². The van der Waals surface area contributed by atoms with E-state index in [4.69, 9.17) is 0 Å². The summed E-state index contributed by atoms with van der Waals surface area (Å²) in [4.78, 5) is 16.8. The van der Waals surface area contributed by atoms with Crippen LogP contribution in [0.2, 0.25) is 0 Å². The summed E-state index contributed by atoms with van der Waals surface area (Å²) in [6.45, 7) is 1.64. The van der Waals surface area contributed by atoms with Gasteiger partial charge in [0.05, 0.1) is 16.8 Å². The molecule has 2 N–H and O–H groups in total. The van der Waals surface area contributed by atoms with Gasteiger partial charge in [-0.2, -0.15) is 0 Å². The van der Waals surface area contributed by atoms with Crippen LogP contribution in [0.1, 0.15) is 13.3 Å². The molecule has 3 aromatic rings. The zero-order chi connectivity index (χ0) is 24.9. The highest BCUT2D eigenvalue weighted by Gasteiger charge is 2.31. The van der Waals surface area contributed by atoms with Gasteiger partial charge in [-0.25, -0.2) is 26.2 Å². The summed E-state index contributed by atoms with van der Waals surface area (Å²) in [5.41, 5.74) is 0.417. The Morgan fingerprint density at radius 2 is 1.65 bits per heavy atom. The average Bonchev–Trinajstić information content (AvgIpc) is 2.78. The molecule has 3 rings (SSSR count). The minimum Gasteiger partial charge on any atom is -0.324 e. The van der Waals surface area contributed by atoms with Gasteiger partial charge < -0.3 is 5.32 Å². The molecular weight excluding hydrogens is 483 g/mol. The van der Waals surface area contributed by atoms with Crippen LogP contribution in [0, 0.1) is 5.82 Å². The van der Waals surface area contributed by atoms with Crippen molar-refractivity contribution in [3.05, 3.63) is 78.7 Å². The van der Waals surface area contributed by atoms with Crippen molar-refractivity contribution >= 4 is 43.1 Å². The topological polar surface area (TPSA) is 126 Å². The number of rotatable bonds is 9. The van der Waals surface area contributed by atoms with E-state index in [0.29, 0.717) is 0 Å². The Bertz CT molecular complexity index is 1350. The van der Waals surface area contributed by atoms with Crippen LogP contribution < -0.4 is 14.3 Å². The molecule has 9 nitrogen and oxygen atoms in total. The maximum atomic E-state index is 13.3. The number of anilines is 3. The molecule has 1 atom stereocenters. The average molecular weight is 507 g/mol. The maximum Gasteiger partial charge on any atom is 0.263 e. The van der Waals surface area contributed by atoms with E-state index in [1.165, 1.54) is 48.7 Å². The van der Waals surface area contributed by atoms with Gasteiger partial charge in [-0.05, 0) is 67.1 Å². The van der Waals surface area contributed by atoms with E-state index in [1.54, 1.807) is 19.1 Å². The summed E-state index contributed by atoms with van der Waals surface area (Å²) < 4.78 is 66.6. The van der Waals surface area contributed by atoms with E-state index < -0.39 is 37.8 Å². The van der Waals surface area contributed by atoms with Crippen LogP contribution in [0.25, 0.3) is 0 Å². The summed E-state index contributed by atoms with van der Waals surface area (Å²) in [6, 6.07) is 13.8. The molecule has 0 aliphatic carbocycles. The summed E-state index contributed by atoms with van der Waals surface area (Å²) >= 11 is 0. The van der Waals surface area contributed by atoms with Crippen LogP contribution in [-0.4, -0.2) is 40.0 Å². The molecule has 0 bridgehead atoms. The number of nitrogens with zero attached hydrogens (tertiary/aromatic N) is 2. The van der Waals surface area contributed by atoms with Crippen molar-refractivity contribution in [3.8, 4) is 0 Å². The maximum absolute atomic E-state index is 13.3. The van der Waals surface area contributed by atoms with Gasteiger partial charge in [0.15, 0.2) is 0 Å². The van der Waals surface area contributed by atoms with E-state index in [0.717, 1.165) is 22.7 Å². The van der Waals surface area contributed by atoms with Crippen molar-refractivity contribution < 1.29 is 26.0 Å². The van der Waals surface area contributed by atoms with Gasteiger partial charge in [0.2, 0.25) is 15.9 Å². The Labute approximate surface area is 197 Å². The van der Waals surface area contributed by atoms with E-state index in [-0.39, 0.29) is 28.5 Å². The predicted octanol–water partition coefficient (Wildman–Crippen LogP) is 3.20. The minimum atomic E-state index is -3.90. The molecule has 1 heterocycles. The number of carbonyl (C=O) groups excluding carboxylic acids is 1. The molecule has 2 aromatic carbocycles. The fraction of sp³-hybridized carbons (Fsp3) is 0.182. The molecule has 0 saturated heterocycles. The molecule has 0 aliphatic heterocycles. The number of hydrogen-bond acceptors (Lipinski definition) is 6. The predicted molar refractivity (Wildman–Crippen MR) is 128 cm³/mol. The van der Waals surface area contributed by atoms with Crippen molar-refractivity contribution in [2.24, 2.45) is 0 Å². The van der Waals surface area contributed by atoms with Gasteiger partial charge in [-0.15, -0.1) is 0 Å². The number of nitrogens with one attached hydrogen (secondary N) is 2. The second-order valence-corrected chi connectivity index (χ2v) is 10.8. The van der Waals surface area contributed by atoms with Crippen LogP contribution in [0.5, 0.6) is 0 Å². The number of sulfonamides is 2. The van der Waals surface area contributed by atoms with Gasteiger partial charge in [0.1, 0.15) is 17.7 Å². The second kappa shape index (κ2) is 10.2. The summed E-state index contributed by atoms with van der Waals surface area (Å²) in [5, 5.41) is 2.61. The summed E-state index contributed by atoms with van der Waals surface area (Å²) in [6.07, 6.45) is 2.55. The Balaban J connectivity index is 1.79. The number of halogens is 1.